The number of hydrogen-bond acceptors (Lipinski definition) is 4. The van der Waals surface area contributed by atoms with E-state index >= 15 is 0 Å². The Hall–Kier alpha value is -1.03. The van der Waals surface area contributed by atoms with E-state index in [4.69, 9.17) is 9.15 Å². The molecule has 0 amide bonds. The molecule has 1 heterocycles. The zero-order valence-corrected chi connectivity index (χ0v) is 9.16. The van der Waals surface area contributed by atoms with Gasteiger partial charge in [-0.25, -0.2) is 0 Å². The van der Waals surface area contributed by atoms with Crippen LogP contribution in [0.25, 0.3) is 0 Å². The number of aromatic nitrogens is 1. The Morgan fingerprint density at radius 3 is 3.20 bits per heavy atom. The molecule has 0 bridgehead atoms. The van der Waals surface area contributed by atoms with Crippen molar-refractivity contribution in [2.24, 2.45) is 0 Å². The summed E-state index contributed by atoms with van der Waals surface area (Å²) in [6.07, 6.45) is 6.80. The minimum absolute atomic E-state index is 0.399. The molecule has 1 aliphatic carbocycles. The first-order valence-corrected chi connectivity index (χ1v) is 5.69. The van der Waals surface area contributed by atoms with Gasteiger partial charge in [0.2, 0.25) is 0 Å². The highest BCUT2D eigenvalue weighted by atomic mass is 16.6. The van der Waals surface area contributed by atoms with E-state index in [-0.39, 0.29) is 0 Å². The van der Waals surface area contributed by atoms with Gasteiger partial charge in [0, 0.05) is 12.6 Å². The van der Waals surface area contributed by atoms with E-state index in [9.17, 15) is 0 Å². The fourth-order valence-corrected chi connectivity index (χ4v) is 1.28. The fraction of sp³-hybridized carbons (Fsp3) is 0.727. The molecule has 4 heteroatoms. The maximum Gasteiger partial charge on any atom is 0.393 e. The summed E-state index contributed by atoms with van der Waals surface area (Å²) in [7, 11) is 0. The zero-order valence-electron chi connectivity index (χ0n) is 9.16. The third-order valence-corrected chi connectivity index (χ3v) is 2.40. The van der Waals surface area contributed by atoms with Crippen LogP contribution in [0.3, 0.4) is 0 Å². The monoisotopic (exact) mass is 210 g/mol. The van der Waals surface area contributed by atoms with Gasteiger partial charge in [-0.3, -0.25) is 0 Å². The lowest BCUT2D eigenvalue weighted by Crippen LogP contribution is -2.15. The van der Waals surface area contributed by atoms with Gasteiger partial charge in [0.1, 0.15) is 6.26 Å². The predicted octanol–water partition coefficient (Wildman–Crippen LogP) is 2.11. The van der Waals surface area contributed by atoms with Gasteiger partial charge in [0.25, 0.3) is 0 Å². The molecular formula is C11H18N2O2. The van der Waals surface area contributed by atoms with Crippen molar-refractivity contribution in [3.63, 3.8) is 0 Å². The number of hydrogen-bond donors (Lipinski definition) is 1. The summed E-state index contributed by atoms with van der Waals surface area (Å²) in [5, 5.41) is 3.38. The summed E-state index contributed by atoms with van der Waals surface area (Å²) < 4.78 is 10.5. The molecule has 1 aromatic rings. The summed E-state index contributed by atoms with van der Waals surface area (Å²) in [6, 6.07) is 0.700. The van der Waals surface area contributed by atoms with Crippen LogP contribution in [0.2, 0.25) is 0 Å². The average Bonchev–Trinajstić information content (AvgIpc) is 2.97. The molecule has 0 aliphatic heterocycles. The molecule has 1 aromatic heterocycles. The molecule has 1 saturated carbocycles. The summed E-state index contributed by atoms with van der Waals surface area (Å²) in [6.45, 7) is 3.60. The van der Waals surface area contributed by atoms with E-state index in [1.54, 1.807) is 6.26 Å². The minimum atomic E-state index is 0.399. The van der Waals surface area contributed by atoms with Crippen molar-refractivity contribution in [1.29, 1.82) is 0 Å². The lowest BCUT2D eigenvalue weighted by molar-refractivity contribution is 0.226. The molecule has 0 atom stereocenters. The second-order valence-corrected chi connectivity index (χ2v) is 3.96. The topological polar surface area (TPSA) is 47.3 Å². The Morgan fingerprint density at radius 1 is 1.60 bits per heavy atom. The van der Waals surface area contributed by atoms with Crippen LogP contribution in [-0.2, 0) is 6.54 Å². The van der Waals surface area contributed by atoms with Crippen molar-refractivity contribution in [1.82, 2.24) is 10.3 Å². The lowest BCUT2D eigenvalue weighted by Gasteiger charge is -1.98. The highest BCUT2D eigenvalue weighted by Gasteiger charge is 2.20. The first-order chi connectivity index (χ1) is 7.38. The zero-order chi connectivity index (χ0) is 10.5. The largest absolute Gasteiger partial charge is 0.450 e. The number of oxazole rings is 1. The molecule has 1 fully saturated rings. The molecule has 15 heavy (non-hydrogen) atoms. The van der Waals surface area contributed by atoms with Gasteiger partial charge in [-0.1, -0.05) is 13.3 Å². The summed E-state index contributed by atoms with van der Waals surface area (Å²) in [5.74, 6) is 0. The van der Waals surface area contributed by atoms with Crippen LogP contribution >= 0.6 is 0 Å². The van der Waals surface area contributed by atoms with Crippen LogP contribution in [0.1, 0.15) is 38.3 Å². The second kappa shape index (κ2) is 5.16. The third kappa shape index (κ3) is 3.55. The highest BCUT2D eigenvalue weighted by Crippen LogP contribution is 2.19. The number of ether oxygens (including phenoxy) is 1. The average molecular weight is 210 g/mol. The van der Waals surface area contributed by atoms with Crippen LogP contribution in [-0.4, -0.2) is 17.6 Å². The van der Waals surface area contributed by atoms with Gasteiger partial charge < -0.3 is 14.5 Å². The molecule has 1 N–H and O–H groups in total. The van der Waals surface area contributed by atoms with Crippen molar-refractivity contribution >= 4 is 0 Å². The molecule has 1 aliphatic rings. The van der Waals surface area contributed by atoms with Gasteiger partial charge in [-0.15, -0.1) is 0 Å². The SMILES string of the molecule is CCCCOc1nc(CNC2CC2)co1. The van der Waals surface area contributed by atoms with Crippen molar-refractivity contribution < 1.29 is 9.15 Å². The van der Waals surface area contributed by atoms with Gasteiger partial charge in [-0.05, 0) is 19.3 Å². The van der Waals surface area contributed by atoms with Gasteiger partial charge >= 0.3 is 6.08 Å². The van der Waals surface area contributed by atoms with Crippen LogP contribution in [0.5, 0.6) is 6.08 Å². The molecular weight excluding hydrogens is 192 g/mol. The van der Waals surface area contributed by atoms with Crippen molar-refractivity contribution in [2.75, 3.05) is 6.61 Å². The molecule has 4 nitrogen and oxygen atoms in total. The molecule has 0 aromatic carbocycles. The van der Waals surface area contributed by atoms with E-state index in [2.05, 4.69) is 17.2 Å². The van der Waals surface area contributed by atoms with Gasteiger partial charge in [0.05, 0.1) is 12.3 Å². The van der Waals surface area contributed by atoms with E-state index in [0.717, 1.165) is 25.1 Å². The summed E-state index contributed by atoms with van der Waals surface area (Å²) in [5.41, 5.74) is 0.924. The standard InChI is InChI=1S/C11H18N2O2/c1-2-3-6-14-11-13-10(8-15-11)7-12-9-4-5-9/h8-9,12H,2-7H2,1H3. The van der Waals surface area contributed by atoms with E-state index in [0.29, 0.717) is 18.7 Å². The smallest absolute Gasteiger partial charge is 0.393 e. The second-order valence-electron chi connectivity index (χ2n) is 3.96. The molecule has 0 radical (unpaired) electrons. The molecule has 0 spiro atoms. The molecule has 2 rings (SSSR count). The predicted molar refractivity (Wildman–Crippen MR) is 56.8 cm³/mol. The first-order valence-electron chi connectivity index (χ1n) is 5.69. The maximum atomic E-state index is 5.34. The Kier molecular flexibility index (Phi) is 3.61. The number of nitrogens with one attached hydrogen (secondary N) is 1. The fourth-order valence-electron chi connectivity index (χ4n) is 1.28. The maximum absolute atomic E-state index is 5.34. The molecule has 84 valence electrons. The quantitative estimate of drug-likeness (QED) is 0.700. The van der Waals surface area contributed by atoms with Gasteiger partial charge in [-0.2, -0.15) is 4.98 Å². The number of nitrogens with zero attached hydrogens (tertiary/aromatic N) is 1. The molecule has 0 saturated heterocycles. The normalized spacial score (nSPS) is 15.5. The van der Waals surface area contributed by atoms with Gasteiger partial charge in [0.15, 0.2) is 0 Å². The van der Waals surface area contributed by atoms with Crippen molar-refractivity contribution in [3.8, 4) is 6.08 Å². The Bertz CT molecular complexity index is 295. The van der Waals surface area contributed by atoms with Crippen LogP contribution in [0.4, 0.5) is 0 Å². The highest BCUT2D eigenvalue weighted by molar-refractivity contribution is 5.00. The van der Waals surface area contributed by atoms with Crippen molar-refractivity contribution in [3.05, 3.63) is 12.0 Å². The van der Waals surface area contributed by atoms with E-state index < -0.39 is 0 Å². The van der Waals surface area contributed by atoms with Crippen molar-refractivity contribution in [2.45, 2.75) is 45.2 Å². The number of unbranched alkanes of at least 4 members (excludes halogenated alkanes) is 1. The Balaban J connectivity index is 1.70. The minimum Gasteiger partial charge on any atom is -0.450 e. The number of rotatable bonds is 7. The Morgan fingerprint density at radius 2 is 2.47 bits per heavy atom. The third-order valence-electron chi connectivity index (χ3n) is 2.40. The van der Waals surface area contributed by atoms with Crippen LogP contribution in [0.15, 0.2) is 10.7 Å². The Labute approximate surface area is 90.0 Å². The molecule has 0 unspecified atom stereocenters. The lowest BCUT2D eigenvalue weighted by atomic mass is 10.4. The van der Waals surface area contributed by atoms with E-state index in [1.165, 1.54) is 12.8 Å². The van der Waals surface area contributed by atoms with E-state index in [1.807, 2.05) is 0 Å². The summed E-state index contributed by atoms with van der Waals surface area (Å²) >= 11 is 0. The van der Waals surface area contributed by atoms with Crippen LogP contribution in [0, 0.1) is 0 Å². The van der Waals surface area contributed by atoms with Crippen LogP contribution < -0.4 is 10.1 Å². The first kappa shape index (κ1) is 10.5. The summed E-state index contributed by atoms with van der Waals surface area (Å²) in [4.78, 5) is 4.23.